The summed E-state index contributed by atoms with van der Waals surface area (Å²) in [6, 6.07) is 1.95. The Hall–Kier alpha value is -1.62. The van der Waals surface area contributed by atoms with Crippen molar-refractivity contribution in [2.75, 3.05) is 25.0 Å². The van der Waals surface area contributed by atoms with E-state index in [4.69, 9.17) is 5.73 Å². The number of aryl methyl sites for hydroxylation is 2. The van der Waals surface area contributed by atoms with Crippen LogP contribution in [0.2, 0.25) is 0 Å². The summed E-state index contributed by atoms with van der Waals surface area (Å²) in [5, 5.41) is 6.71. The summed E-state index contributed by atoms with van der Waals surface area (Å²) >= 11 is 0. The number of carbonyl (C=O) groups is 1. The van der Waals surface area contributed by atoms with Crippen LogP contribution < -0.4 is 16.4 Å². The number of primary amides is 1. The van der Waals surface area contributed by atoms with Crippen LogP contribution in [-0.2, 0) is 12.8 Å². The fourth-order valence-corrected chi connectivity index (χ4v) is 3.31. The second-order valence-electron chi connectivity index (χ2n) is 6.14. The third-order valence-corrected chi connectivity index (χ3v) is 4.57. The molecule has 0 spiro atoms. The summed E-state index contributed by atoms with van der Waals surface area (Å²) in [7, 11) is 0. The highest BCUT2D eigenvalue weighted by Crippen LogP contribution is 2.24. The van der Waals surface area contributed by atoms with E-state index in [0.29, 0.717) is 11.4 Å². The van der Waals surface area contributed by atoms with E-state index < -0.39 is 0 Å². The normalized spacial score (nSPS) is 21.0. The summed E-state index contributed by atoms with van der Waals surface area (Å²) in [5.41, 5.74) is 8.38. The molecule has 1 atom stereocenters. The first-order valence-corrected chi connectivity index (χ1v) is 8.01. The molecule has 0 saturated carbocycles. The fourth-order valence-electron chi connectivity index (χ4n) is 3.31. The molecule has 1 aromatic heterocycles. The van der Waals surface area contributed by atoms with Crippen molar-refractivity contribution in [3.8, 4) is 0 Å². The number of amides is 1. The Morgan fingerprint density at radius 1 is 1.43 bits per heavy atom. The second kappa shape index (κ2) is 6.43. The Kier molecular flexibility index (Phi) is 4.39. The van der Waals surface area contributed by atoms with Gasteiger partial charge in [-0.3, -0.25) is 4.79 Å². The number of nitrogens with one attached hydrogen (secondary N) is 2. The maximum atomic E-state index is 11.7. The zero-order valence-corrected chi connectivity index (χ0v) is 12.5. The zero-order chi connectivity index (χ0) is 14.7. The van der Waals surface area contributed by atoms with Crippen molar-refractivity contribution in [2.45, 2.75) is 38.5 Å². The Morgan fingerprint density at radius 2 is 2.29 bits per heavy atom. The van der Waals surface area contributed by atoms with Crippen LogP contribution in [0, 0.1) is 5.92 Å². The number of nitrogens with zero attached hydrogens (tertiary/aromatic N) is 1. The van der Waals surface area contributed by atoms with Crippen LogP contribution in [0.25, 0.3) is 0 Å². The molecule has 1 fully saturated rings. The first-order valence-electron chi connectivity index (χ1n) is 8.01. The van der Waals surface area contributed by atoms with E-state index in [0.717, 1.165) is 50.5 Å². The maximum Gasteiger partial charge on any atom is 0.252 e. The van der Waals surface area contributed by atoms with Crippen LogP contribution in [0.4, 0.5) is 5.82 Å². The molecule has 5 heteroatoms. The number of aromatic nitrogens is 1. The summed E-state index contributed by atoms with van der Waals surface area (Å²) in [5.74, 6) is 1.02. The van der Waals surface area contributed by atoms with Crippen molar-refractivity contribution in [1.82, 2.24) is 10.3 Å². The molecule has 2 heterocycles. The highest BCUT2D eigenvalue weighted by molar-refractivity contribution is 5.97. The number of hydrogen-bond donors (Lipinski definition) is 3. The molecule has 2 aliphatic rings. The lowest BCUT2D eigenvalue weighted by Gasteiger charge is -2.19. The number of fused-ring (bicyclic) bond motifs is 1. The number of anilines is 1. The Morgan fingerprint density at radius 3 is 3.05 bits per heavy atom. The number of rotatable bonds is 5. The van der Waals surface area contributed by atoms with E-state index in [-0.39, 0.29) is 5.91 Å². The molecule has 5 nitrogen and oxygen atoms in total. The van der Waals surface area contributed by atoms with Gasteiger partial charge in [0.1, 0.15) is 5.82 Å². The molecule has 0 radical (unpaired) electrons. The van der Waals surface area contributed by atoms with Crippen LogP contribution in [0.3, 0.4) is 0 Å². The lowest BCUT2D eigenvalue weighted by Crippen LogP contribution is -2.20. The molecule has 1 aromatic rings. The predicted octanol–water partition coefficient (Wildman–Crippen LogP) is 1.47. The van der Waals surface area contributed by atoms with Gasteiger partial charge < -0.3 is 16.4 Å². The van der Waals surface area contributed by atoms with Gasteiger partial charge in [0.05, 0.1) is 5.56 Å². The van der Waals surface area contributed by atoms with E-state index in [9.17, 15) is 4.79 Å². The monoisotopic (exact) mass is 288 g/mol. The van der Waals surface area contributed by atoms with Gasteiger partial charge in [0.15, 0.2) is 0 Å². The van der Waals surface area contributed by atoms with E-state index in [1.165, 1.54) is 24.8 Å². The first-order chi connectivity index (χ1) is 10.2. The van der Waals surface area contributed by atoms with E-state index >= 15 is 0 Å². The number of nitrogens with two attached hydrogens (primary N) is 1. The molecular weight excluding hydrogens is 264 g/mol. The van der Waals surface area contributed by atoms with Crippen molar-refractivity contribution < 1.29 is 4.79 Å². The SMILES string of the molecule is NC(=O)c1cc2c(nc1NCCC1CCNC1)CCCC2. The summed E-state index contributed by atoms with van der Waals surface area (Å²) in [6.45, 7) is 3.06. The van der Waals surface area contributed by atoms with E-state index in [1.807, 2.05) is 6.07 Å². The molecule has 0 aromatic carbocycles. The van der Waals surface area contributed by atoms with Gasteiger partial charge in [0.25, 0.3) is 5.91 Å². The molecule has 114 valence electrons. The van der Waals surface area contributed by atoms with Gasteiger partial charge in [-0.05, 0) is 69.2 Å². The van der Waals surface area contributed by atoms with Crippen LogP contribution in [0.15, 0.2) is 6.07 Å². The molecule has 1 aliphatic carbocycles. The van der Waals surface area contributed by atoms with Gasteiger partial charge in [0, 0.05) is 12.2 Å². The molecule has 1 amide bonds. The van der Waals surface area contributed by atoms with Crippen molar-refractivity contribution in [3.05, 3.63) is 22.9 Å². The van der Waals surface area contributed by atoms with Gasteiger partial charge in [-0.15, -0.1) is 0 Å². The highest BCUT2D eigenvalue weighted by atomic mass is 16.1. The Balaban J connectivity index is 1.71. The van der Waals surface area contributed by atoms with Crippen LogP contribution in [0.1, 0.15) is 47.3 Å². The zero-order valence-electron chi connectivity index (χ0n) is 12.5. The Labute approximate surface area is 125 Å². The van der Waals surface area contributed by atoms with Gasteiger partial charge in [-0.1, -0.05) is 0 Å². The Bertz CT molecular complexity index is 523. The standard InChI is InChI=1S/C16H24N4O/c17-15(21)13-9-12-3-1-2-4-14(12)20-16(13)19-8-6-11-5-7-18-10-11/h9,11,18H,1-8,10H2,(H2,17,21)(H,19,20). The van der Waals surface area contributed by atoms with Crippen molar-refractivity contribution in [2.24, 2.45) is 11.7 Å². The van der Waals surface area contributed by atoms with Crippen molar-refractivity contribution in [3.63, 3.8) is 0 Å². The number of carbonyl (C=O) groups excluding carboxylic acids is 1. The van der Waals surface area contributed by atoms with E-state index in [2.05, 4.69) is 15.6 Å². The van der Waals surface area contributed by atoms with Gasteiger partial charge in [-0.25, -0.2) is 4.98 Å². The minimum absolute atomic E-state index is 0.388. The number of hydrogen-bond acceptors (Lipinski definition) is 4. The van der Waals surface area contributed by atoms with Gasteiger partial charge in [0.2, 0.25) is 0 Å². The molecule has 3 rings (SSSR count). The first kappa shape index (κ1) is 14.3. The van der Waals surface area contributed by atoms with Crippen molar-refractivity contribution in [1.29, 1.82) is 0 Å². The maximum absolute atomic E-state index is 11.7. The highest BCUT2D eigenvalue weighted by Gasteiger charge is 2.18. The van der Waals surface area contributed by atoms with E-state index in [1.54, 1.807) is 0 Å². The molecule has 21 heavy (non-hydrogen) atoms. The van der Waals surface area contributed by atoms with Gasteiger partial charge >= 0.3 is 0 Å². The summed E-state index contributed by atoms with van der Waals surface area (Å²) in [6.07, 6.45) is 6.72. The molecule has 4 N–H and O–H groups in total. The average molecular weight is 288 g/mol. The topological polar surface area (TPSA) is 80.0 Å². The largest absolute Gasteiger partial charge is 0.369 e. The third-order valence-electron chi connectivity index (χ3n) is 4.57. The van der Waals surface area contributed by atoms with Crippen LogP contribution in [-0.4, -0.2) is 30.5 Å². The minimum atomic E-state index is -0.388. The summed E-state index contributed by atoms with van der Waals surface area (Å²) in [4.78, 5) is 16.3. The van der Waals surface area contributed by atoms with Crippen molar-refractivity contribution >= 4 is 11.7 Å². The predicted molar refractivity (Wildman–Crippen MR) is 83.5 cm³/mol. The second-order valence-corrected chi connectivity index (χ2v) is 6.14. The smallest absolute Gasteiger partial charge is 0.252 e. The molecule has 1 aliphatic heterocycles. The molecule has 1 saturated heterocycles. The van der Waals surface area contributed by atoms with Gasteiger partial charge in [-0.2, -0.15) is 0 Å². The number of pyridine rings is 1. The molecular formula is C16H24N4O. The third kappa shape index (κ3) is 3.35. The van der Waals surface area contributed by atoms with Crippen LogP contribution >= 0.6 is 0 Å². The summed E-state index contributed by atoms with van der Waals surface area (Å²) < 4.78 is 0. The molecule has 0 bridgehead atoms. The molecule has 1 unspecified atom stereocenters. The minimum Gasteiger partial charge on any atom is -0.369 e. The average Bonchev–Trinajstić information content (AvgIpc) is 2.99. The van der Waals surface area contributed by atoms with Crippen LogP contribution in [0.5, 0.6) is 0 Å². The lowest BCUT2D eigenvalue weighted by atomic mass is 9.94. The quantitative estimate of drug-likeness (QED) is 0.766. The fraction of sp³-hybridized carbons (Fsp3) is 0.625. The lowest BCUT2D eigenvalue weighted by molar-refractivity contribution is 0.100.